The lowest BCUT2D eigenvalue weighted by Gasteiger charge is -2.30. The molecule has 2 N–H and O–H groups in total. The van der Waals surface area contributed by atoms with E-state index in [0.717, 1.165) is 25.7 Å². The van der Waals surface area contributed by atoms with E-state index in [1.807, 2.05) is 0 Å². The number of carbonyl (C=O) groups is 1. The summed E-state index contributed by atoms with van der Waals surface area (Å²) < 4.78 is 0. The minimum atomic E-state index is -0.114. The highest BCUT2D eigenvalue weighted by atomic mass is 32.1. The van der Waals surface area contributed by atoms with Crippen molar-refractivity contribution >= 4 is 29.3 Å². The summed E-state index contributed by atoms with van der Waals surface area (Å²) >= 11 is 5.46. The Balaban J connectivity index is 1.92. The molecule has 1 saturated carbocycles. The van der Waals surface area contributed by atoms with Gasteiger partial charge in [0.15, 0.2) is 5.11 Å². The number of benzene rings is 1. The molecule has 1 aliphatic heterocycles. The third kappa shape index (κ3) is 2.91. The molecule has 0 aromatic heterocycles. The van der Waals surface area contributed by atoms with Crippen molar-refractivity contribution in [2.75, 3.05) is 7.05 Å². The van der Waals surface area contributed by atoms with Gasteiger partial charge in [-0.25, -0.2) is 0 Å². The van der Waals surface area contributed by atoms with Crippen LogP contribution in [0.1, 0.15) is 37.7 Å². The molecule has 1 aromatic rings. The Morgan fingerprint density at radius 3 is 2.57 bits per heavy atom. The SMILES string of the molecule is CN1C(=S)N(C2CCCCC2)C(=O)/C1=C/c1ccc(O)cc1O. The molecule has 3 rings (SSSR count). The summed E-state index contributed by atoms with van der Waals surface area (Å²) in [5, 5.41) is 19.8. The molecule has 1 saturated heterocycles. The summed E-state index contributed by atoms with van der Waals surface area (Å²) in [4.78, 5) is 16.2. The fourth-order valence-electron chi connectivity index (χ4n) is 3.24. The van der Waals surface area contributed by atoms with Crippen molar-refractivity contribution in [3.63, 3.8) is 0 Å². The predicted molar refractivity (Wildman–Crippen MR) is 91.8 cm³/mol. The molecule has 23 heavy (non-hydrogen) atoms. The molecule has 2 fully saturated rings. The summed E-state index contributed by atoms with van der Waals surface area (Å²) in [5.74, 6) is -0.201. The first-order valence-corrected chi connectivity index (χ1v) is 8.25. The minimum Gasteiger partial charge on any atom is -0.508 e. The van der Waals surface area contributed by atoms with Crippen molar-refractivity contribution in [1.82, 2.24) is 9.80 Å². The zero-order chi connectivity index (χ0) is 16.6. The highest BCUT2D eigenvalue weighted by molar-refractivity contribution is 7.80. The highest BCUT2D eigenvalue weighted by Gasteiger charge is 2.40. The molecule has 0 unspecified atom stereocenters. The normalized spacial score (nSPS) is 21.5. The number of phenols is 2. The Morgan fingerprint density at radius 2 is 1.91 bits per heavy atom. The second-order valence-electron chi connectivity index (χ2n) is 6.08. The number of rotatable bonds is 2. The smallest absolute Gasteiger partial charge is 0.277 e. The van der Waals surface area contributed by atoms with Gasteiger partial charge in [0, 0.05) is 24.7 Å². The molecule has 1 heterocycles. The van der Waals surface area contributed by atoms with E-state index in [1.54, 1.807) is 29.0 Å². The Kier molecular flexibility index (Phi) is 4.26. The topological polar surface area (TPSA) is 64.0 Å². The van der Waals surface area contributed by atoms with Crippen molar-refractivity contribution in [2.45, 2.75) is 38.1 Å². The average molecular weight is 332 g/mol. The molecule has 5 nitrogen and oxygen atoms in total. The van der Waals surface area contributed by atoms with Gasteiger partial charge in [-0.1, -0.05) is 19.3 Å². The number of hydrogen-bond donors (Lipinski definition) is 2. The Hall–Kier alpha value is -2.08. The van der Waals surface area contributed by atoms with Crippen molar-refractivity contribution in [1.29, 1.82) is 0 Å². The first-order chi connectivity index (χ1) is 11.0. The lowest BCUT2D eigenvalue weighted by atomic mass is 9.94. The molecule has 0 spiro atoms. The summed E-state index contributed by atoms with van der Waals surface area (Å²) in [6.45, 7) is 0. The number of amides is 1. The fraction of sp³-hybridized carbons (Fsp3) is 0.412. The van der Waals surface area contributed by atoms with Gasteiger partial charge in [-0.3, -0.25) is 9.69 Å². The van der Waals surface area contributed by atoms with Gasteiger partial charge in [0.2, 0.25) is 0 Å². The van der Waals surface area contributed by atoms with Crippen LogP contribution >= 0.6 is 12.2 Å². The second-order valence-corrected chi connectivity index (χ2v) is 6.45. The zero-order valence-corrected chi connectivity index (χ0v) is 13.8. The lowest BCUT2D eigenvalue weighted by molar-refractivity contribution is -0.124. The predicted octanol–water partition coefficient (Wildman–Crippen LogP) is 2.83. The van der Waals surface area contributed by atoms with E-state index in [1.165, 1.54) is 18.6 Å². The number of thiocarbonyl (C=S) groups is 1. The van der Waals surface area contributed by atoms with Crippen LogP contribution in [0.4, 0.5) is 0 Å². The molecule has 1 aromatic carbocycles. The molecule has 0 bridgehead atoms. The van der Waals surface area contributed by atoms with E-state index in [4.69, 9.17) is 12.2 Å². The van der Waals surface area contributed by atoms with Gasteiger partial charge in [-0.15, -0.1) is 0 Å². The number of likely N-dealkylation sites (N-methyl/N-ethyl adjacent to an activating group) is 1. The van der Waals surface area contributed by atoms with Crippen LogP contribution in [0.3, 0.4) is 0 Å². The molecular formula is C17H20N2O3S. The quantitative estimate of drug-likeness (QED) is 0.644. The van der Waals surface area contributed by atoms with Gasteiger partial charge in [0.25, 0.3) is 5.91 Å². The monoisotopic (exact) mass is 332 g/mol. The van der Waals surface area contributed by atoms with Gasteiger partial charge in [-0.2, -0.15) is 0 Å². The molecule has 1 amide bonds. The third-order valence-corrected chi connectivity index (χ3v) is 5.01. The van der Waals surface area contributed by atoms with E-state index in [-0.39, 0.29) is 23.4 Å². The number of nitrogens with zero attached hydrogens (tertiary/aromatic N) is 2. The summed E-state index contributed by atoms with van der Waals surface area (Å²) in [7, 11) is 1.77. The van der Waals surface area contributed by atoms with E-state index in [0.29, 0.717) is 16.4 Å². The Morgan fingerprint density at radius 1 is 1.22 bits per heavy atom. The molecule has 2 aliphatic rings. The Bertz CT molecular complexity index is 680. The maximum atomic E-state index is 12.8. The Labute approximate surface area is 140 Å². The first-order valence-electron chi connectivity index (χ1n) is 7.84. The largest absolute Gasteiger partial charge is 0.508 e. The van der Waals surface area contributed by atoms with E-state index in [2.05, 4.69) is 0 Å². The van der Waals surface area contributed by atoms with Crippen molar-refractivity contribution in [3.05, 3.63) is 29.5 Å². The van der Waals surface area contributed by atoms with Gasteiger partial charge in [0.1, 0.15) is 17.2 Å². The van der Waals surface area contributed by atoms with Crippen molar-refractivity contribution < 1.29 is 15.0 Å². The average Bonchev–Trinajstić information content (AvgIpc) is 2.74. The first kappa shape index (κ1) is 15.8. The van der Waals surface area contributed by atoms with E-state index in [9.17, 15) is 15.0 Å². The van der Waals surface area contributed by atoms with Gasteiger partial charge in [-0.05, 0) is 43.3 Å². The maximum Gasteiger partial charge on any atom is 0.277 e. The second kappa shape index (κ2) is 6.20. The van der Waals surface area contributed by atoms with Crippen LogP contribution in [-0.4, -0.2) is 44.1 Å². The van der Waals surface area contributed by atoms with E-state index >= 15 is 0 Å². The van der Waals surface area contributed by atoms with Crippen LogP contribution in [0, 0.1) is 0 Å². The molecule has 122 valence electrons. The van der Waals surface area contributed by atoms with Crippen LogP contribution in [-0.2, 0) is 4.79 Å². The summed E-state index contributed by atoms with van der Waals surface area (Å²) in [6, 6.07) is 4.47. The molecular weight excluding hydrogens is 312 g/mol. The standard InChI is InChI=1S/C17H20N2O3S/c1-18-14(9-11-7-8-13(20)10-15(11)21)16(22)19(17(18)23)12-5-3-2-4-6-12/h7-10,12,20-21H,2-6H2,1H3/b14-9-. The summed E-state index contributed by atoms with van der Waals surface area (Å²) in [5.41, 5.74) is 0.924. The highest BCUT2D eigenvalue weighted by Crippen LogP contribution is 2.32. The van der Waals surface area contributed by atoms with Gasteiger partial charge < -0.3 is 15.1 Å². The lowest BCUT2D eigenvalue weighted by Crippen LogP contribution is -2.41. The number of aromatic hydroxyl groups is 2. The van der Waals surface area contributed by atoms with Crippen LogP contribution < -0.4 is 0 Å². The van der Waals surface area contributed by atoms with Crippen molar-refractivity contribution in [3.8, 4) is 11.5 Å². The fourth-order valence-corrected chi connectivity index (χ4v) is 3.57. The maximum absolute atomic E-state index is 12.8. The number of carbonyl (C=O) groups excluding carboxylic acids is 1. The minimum absolute atomic E-state index is 0.0184. The van der Waals surface area contributed by atoms with Crippen LogP contribution in [0.2, 0.25) is 0 Å². The van der Waals surface area contributed by atoms with Gasteiger partial charge in [0.05, 0.1) is 0 Å². The van der Waals surface area contributed by atoms with Crippen LogP contribution in [0.15, 0.2) is 23.9 Å². The number of hydrogen-bond acceptors (Lipinski definition) is 4. The molecule has 0 radical (unpaired) electrons. The van der Waals surface area contributed by atoms with Gasteiger partial charge >= 0.3 is 0 Å². The van der Waals surface area contributed by atoms with E-state index < -0.39 is 0 Å². The van der Waals surface area contributed by atoms with Crippen LogP contribution in [0.5, 0.6) is 11.5 Å². The molecule has 0 atom stereocenters. The zero-order valence-electron chi connectivity index (χ0n) is 13.0. The summed E-state index contributed by atoms with van der Waals surface area (Å²) in [6.07, 6.45) is 7.05. The van der Waals surface area contributed by atoms with Crippen LogP contribution in [0.25, 0.3) is 6.08 Å². The van der Waals surface area contributed by atoms with Crippen molar-refractivity contribution in [2.24, 2.45) is 0 Å². The number of phenolic OH excluding ortho intramolecular Hbond substituents is 2. The third-order valence-electron chi connectivity index (χ3n) is 4.54. The molecule has 6 heteroatoms. The molecule has 1 aliphatic carbocycles.